The number of carbonyl (C=O) groups excluding carboxylic acids is 1. The molecule has 0 aromatic carbocycles. The third-order valence-corrected chi connectivity index (χ3v) is 4.59. The van der Waals surface area contributed by atoms with Gasteiger partial charge in [-0.15, -0.1) is 0 Å². The third-order valence-electron chi connectivity index (χ3n) is 4.59. The molecule has 3 heterocycles. The lowest BCUT2D eigenvalue weighted by molar-refractivity contribution is -0.148. The Morgan fingerprint density at radius 3 is 2.76 bits per heavy atom. The molecule has 0 saturated carbocycles. The summed E-state index contributed by atoms with van der Waals surface area (Å²) in [6.07, 6.45) is 9.05. The minimum atomic E-state index is -0.177. The lowest BCUT2D eigenvalue weighted by atomic mass is 9.96. The van der Waals surface area contributed by atoms with Gasteiger partial charge in [0.05, 0.1) is 6.20 Å². The van der Waals surface area contributed by atoms with E-state index in [2.05, 4.69) is 18.2 Å². The first kappa shape index (κ1) is 14.6. The Kier molecular flexibility index (Phi) is 4.58. The van der Waals surface area contributed by atoms with Gasteiger partial charge >= 0.3 is 0 Å². The Bertz CT molecular complexity index is 472. The molecule has 3 rings (SSSR count). The van der Waals surface area contributed by atoms with Crippen molar-refractivity contribution in [2.45, 2.75) is 51.7 Å². The van der Waals surface area contributed by atoms with Crippen LogP contribution in [0.4, 0.5) is 0 Å². The van der Waals surface area contributed by atoms with E-state index in [1.807, 2.05) is 15.8 Å². The fourth-order valence-electron chi connectivity index (χ4n) is 3.31. The fraction of sp³-hybridized carbons (Fsp3) is 0.750. The zero-order valence-corrected chi connectivity index (χ0v) is 12.8. The second kappa shape index (κ2) is 6.60. The van der Waals surface area contributed by atoms with Gasteiger partial charge in [0.25, 0.3) is 5.91 Å². The van der Waals surface area contributed by atoms with E-state index in [1.54, 1.807) is 0 Å². The molecule has 2 aliphatic rings. The fourth-order valence-corrected chi connectivity index (χ4v) is 3.31. The van der Waals surface area contributed by atoms with Crippen LogP contribution in [0, 0.1) is 12.8 Å². The largest absolute Gasteiger partial charge is 0.368 e. The van der Waals surface area contributed by atoms with Gasteiger partial charge in [-0.25, -0.2) is 0 Å². The van der Waals surface area contributed by atoms with Crippen molar-refractivity contribution >= 4 is 5.91 Å². The number of nitrogens with zero attached hydrogens (tertiary/aromatic N) is 3. The standard InChI is InChI=1S/C16H25N3O2/c1-13-10-17-19(11-13)12-14-5-7-18(8-6-14)16(20)15-4-2-3-9-21-15/h10-11,14-15H,2-9,12H2,1H3. The molecule has 1 aromatic heterocycles. The number of rotatable bonds is 3. The number of hydrogen-bond donors (Lipinski definition) is 0. The SMILES string of the molecule is Cc1cnn(CC2CCN(C(=O)C3CCCCO3)CC2)c1. The molecule has 116 valence electrons. The summed E-state index contributed by atoms with van der Waals surface area (Å²) in [5.41, 5.74) is 1.21. The van der Waals surface area contributed by atoms with Crippen LogP contribution in [0.25, 0.3) is 0 Å². The Hall–Kier alpha value is -1.36. The molecule has 5 nitrogen and oxygen atoms in total. The lowest BCUT2D eigenvalue weighted by Gasteiger charge is -2.35. The van der Waals surface area contributed by atoms with E-state index in [1.165, 1.54) is 5.56 Å². The number of likely N-dealkylation sites (tertiary alicyclic amines) is 1. The van der Waals surface area contributed by atoms with Gasteiger partial charge in [-0.2, -0.15) is 5.10 Å². The van der Waals surface area contributed by atoms with E-state index >= 15 is 0 Å². The van der Waals surface area contributed by atoms with Gasteiger partial charge in [0.2, 0.25) is 0 Å². The maximum atomic E-state index is 12.4. The summed E-state index contributed by atoms with van der Waals surface area (Å²) >= 11 is 0. The van der Waals surface area contributed by atoms with Crippen LogP contribution in [0.15, 0.2) is 12.4 Å². The van der Waals surface area contributed by atoms with Crippen molar-refractivity contribution in [3.63, 3.8) is 0 Å². The monoisotopic (exact) mass is 291 g/mol. The molecule has 5 heteroatoms. The molecule has 0 bridgehead atoms. The summed E-state index contributed by atoms with van der Waals surface area (Å²) in [7, 11) is 0. The van der Waals surface area contributed by atoms with Crippen molar-refractivity contribution in [3.05, 3.63) is 18.0 Å². The van der Waals surface area contributed by atoms with Gasteiger partial charge in [0.1, 0.15) is 6.10 Å². The first-order valence-corrected chi connectivity index (χ1v) is 8.12. The molecule has 2 aliphatic heterocycles. The van der Waals surface area contributed by atoms with E-state index in [9.17, 15) is 4.79 Å². The highest BCUT2D eigenvalue weighted by molar-refractivity contribution is 5.81. The van der Waals surface area contributed by atoms with Crippen LogP contribution >= 0.6 is 0 Å². The van der Waals surface area contributed by atoms with E-state index in [0.717, 1.165) is 58.3 Å². The van der Waals surface area contributed by atoms with Crippen molar-refractivity contribution in [2.75, 3.05) is 19.7 Å². The quantitative estimate of drug-likeness (QED) is 0.856. The van der Waals surface area contributed by atoms with E-state index in [-0.39, 0.29) is 12.0 Å². The topological polar surface area (TPSA) is 47.4 Å². The van der Waals surface area contributed by atoms with Crippen LogP contribution in [0.1, 0.15) is 37.7 Å². The Balaban J connectivity index is 1.47. The minimum absolute atomic E-state index is 0.177. The lowest BCUT2D eigenvalue weighted by Crippen LogP contribution is -2.46. The summed E-state index contributed by atoms with van der Waals surface area (Å²) in [5.74, 6) is 0.837. The van der Waals surface area contributed by atoms with Crippen molar-refractivity contribution in [3.8, 4) is 0 Å². The molecule has 1 aromatic rings. The van der Waals surface area contributed by atoms with Crippen molar-refractivity contribution in [1.82, 2.24) is 14.7 Å². The summed E-state index contributed by atoms with van der Waals surface area (Å²) in [5, 5.41) is 4.35. The molecule has 2 fully saturated rings. The van der Waals surface area contributed by atoms with Crippen LogP contribution in [0.5, 0.6) is 0 Å². The number of aryl methyl sites for hydroxylation is 1. The molecular formula is C16H25N3O2. The van der Waals surface area contributed by atoms with Gasteiger partial charge in [-0.05, 0) is 50.5 Å². The number of hydrogen-bond acceptors (Lipinski definition) is 3. The van der Waals surface area contributed by atoms with E-state index in [0.29, 0.717) is 5.92 Å². The van der Waals surface area contributed by atoms with Gasteiger partial charge in [-0.1, -0.05) is 0 Å². The Morgan fingerprint density at radius 1 is 1.33 bits per heavy atom. The molecule has 0 N–H and O–H groups in total. The number of piperidine rings is 1. The van der Waals surface area contributed by atoms with Crippen LogP contribution in [-0.4, -0.2) is 46.4 Å². The second-order valence-electron chi connectivity index (χ2n) is 6.36. The van der Waals surface area contributed by atoms with E-state index < -0.39 is 0 Å². The Labute approximate surface area is 126 Å². The maximum absolute atomic E-state index is 12.4. The van der Waals surface area contributed by atoms with Gasteiger partial charge in [0, 0.05) is 32.4 Å². The summed E-state index contributed by atoms with van der Waals surface area (Å²) < 4.78 is 7.64. The first-order chi connectivity index (χ1) is 10.2. The van der Waals surface area contributed by atoms with E-state index in [4.69, 9.17) is 4.74 Å². The van der Waals surface area contributed by atoms with Crippen molar-refractivity contribution in [1.29, 1.82) is 0 Å². The van der Waals surface area contributed by atoms with Gasteiger partial charge in [0.15, 0.2) is 0 Å². The average molecular weight is 291 g/mol. The molecule has 0 radical (unpaired) electrons. The highest BCUT2D eigenvalue weighted by atomic mass is 16.5. The molecule has 0 aliphatic carbocycles. The zero-order valence-electron chi connectivity index (χ0n) is 12.8. The molecular weight excluding hydrogens is 266 g/mol. The maximum Gasteiger partial charge on any atom is 0.251 e. The molecule has 1 unspecified atom stereocenters. The van der Waals surface area contributed by atoms with Crippen molar-refractivity contribution < 1.29 is 9.53 Å². The average Bonchev–Trinajstić information content (AvgIpc) is 2.93. The van der Waals surface area contributed by atoms with Crippen molar-refractivity contribution in [2.24, 2.45) is 5.92 Å². The highest BCUT2D eigenvalue weighted by Gasteiger charge is 2.29. The summed E-state index contributed by atoms with van der Waals surface area (Å²) in [6, 6.07) is 0. The molecule has 1 atom stereocenters. The number of ether oxygens (including phenoxy) is 1. The first-order valence-electron chi connectivity index (χ1n) is 8.12. The van der Waals surface area contributed by atoms with Crippen LogP contribution < -0.4 is 0 Å². The molecule has 21 heavy (non-hydrogen) atoms. The second-order valence-corrected chi connectivity index (χ2v) is 6.36. The predicted octanol–water partition coefficient (Wildman–Crippen LogP) is 2.00. The Morgan fingerprint density at radius 2 is 2.14 bits per heavy atom. The smallest absolute Gasteiger partial charge is 0.251 e. The third kappa shape index (κ3) is 3.64. The zero-order chi connectivity index (χ0) is 14.7. The van der Waals surface area contributed by atoms with Crippen LogP contribution in [0.3, 0.4) is 0 Å². The number of amides is 1. The van der Waals surface area contributed by atoms with Crippen LogP contribution in [0.2, 0.25) is 0 Å². The molecule has 2 saturated heterocycles. The normalized spacial score (nSPS) is 24.2. The minimum Gasteiger partial charge on any atom is -0.368 e. The predicted molar refractivity (Wildman–Crippen MR) is 79.9 cm³/mol. The van der Waals surface area contributed by atoms with Crippen LogP contribution in [-0.2, 0) is 16.1 Å². The number of aromatic nitrogens is 2. The number of carbonyl (C=O) groups is 1. The molecule has 1 amide bonds. The van der Waals surface area contributed by atoms with Gasteiger partial charge < -0.3 is 9.64 Å². The summed E-state index contributed by atoms with van der Waals surface area (Å²) in [4.78, 5) is 14.4. The summed E-state index contributed by atoms with van der Waals surface area (Å²) in [6.45, 7) is 5.50. The van der Waals surface area contributed by atoms with Gasteiger partial charge in [-0.3, -0.25) is 9.48 Å². The molecule has 0 spiro atoms. The highest BCUT2D eigenvalue weighted by Crippen LogP contribution is 2.22.